The zero-order chi connectivity index (χ0) is 10.6. The monoisotopic (exact) mass is 263 g/mol. The summed E-state index contributed by atoms with van der Waals surface area (Å²) in [6, 6.07) is 0. The van der Waals surface area contributed by atoms with Gasteiger partial charge in [0.05, 0.1) is 0 Å². The van der Waals surface area contributed by atoms with Gasteiger partial charge >= 0.3 is 41.3 Å². The molecule has 0 saturated heterocycles. The molecule has 14 heavy (non-hydrogen) atoms. The maximum Gasteiger partial charge on any atom is -0.109 e. The third-order valence-corrected chi connectivity index (χ3v) is 1.17. The van der Waals surface area contributed by atoms with Gasteiger partial charge in [0.25, 0.3) is 0 Å². The van der Waals surface area contributed by atoms with Crippen molar-refractivity contribution < 1.29 is 25.7 Å². The van der Waals surface area contributed by atoms with Crippen LogP contribution in [0, 0.1) is 12.2 Å². The molecule has 0 aromatic carbocycles. The van der Waals surface area contributed by atoms with E-state index < -0.39 is 0 Å². The molecule has 0 saturated carbocycles. The van der Waals surface area contributed by atoms with Gasteiger partial charge in [-0.2, -0.15) is 12.2 Å². The van der Waals surface area contributed by atoms with Crippen LogP contribution in [0.15, 0.2) is 36.5 Å². The second-order valence-electron chi connectivity index (χ2n) is 3.01. The van der Waals surface area contributed by atoms with Crippen LogP contribution in [0.1, 0.15) is 28.1 Å². The van der Waals surface area contributed by atoms with Crippen LogP contribution in [0.3, 0.4) is 0 Å². The van der Waals surface area contributed by atoms with E-state index in [1.165, 1.54) is 3.21 Å². The maximum atomic E-state index is 2.99. The fourth-order valence-electron chi connectivity index (χ4n) is 0.680. The molecule has 0 amide bonds. The van der Waals surface area contributed by atoms with Crippen LogP contribution in [0.5, 0.6) is 0 Å². The molecule has 0 spiro atoms. The molecule has 0 fully saturated rings. The van der Waals surface area contributed by atoms with Gasteiger partial charge in [0.2, 0.25) is 0 Å². The first-order valence-corrected chi connectivity index (χ1v) is 5.91. The van der Waals surface area contributed by atoms with Crippen molar-refractivity contribution >= 4 is 3.21 Å². The van der Waals surface area contributed by atoms with Gasteiger partial charge in [-0.25, -0.2) is 24.3 Å². The second-order valence-corrected chi connectivity index (χ2v) is 5.46. The van der Waals surface area contributed by atoms with Crippen molar-refractivity contribution in [3.63, 3.8) is 0 Å². The van der Waals surface area contributed by atoms with Crippen LogP contribution in [-0.2, 0) is 24.2 Å². The van der Waals surface area contributed by atoms with Crippen molar-refractivity contribution in [2.45, 2.75) is 26.7 Å². The first kappa shape index (κ1) is 13.7. The van der Waals surface area contributed by atoms with Crippen molar-refractivity contribution in [3.8, 4) is 0 Å². The van der Waals surface area contributed by atoms with Gasteiger partial charge in [0, 0.05) is 0 Å². The summed E-state index contributed by atoms with van der Waals surface area (Å²) in [5.41, 5.74) is 0. The minimum absolute atomic E-state index is 0. The molecule has 2 aliphatic carbocycles. The summed E-state index contributed by atoms with van der Waals surface area (Å²) in [7, 11) is 0. The Morgan fingerprint density at radius 3 is 1.50 bits per heavy atom. The van der Waals surface area contributed by atoms with E-state index in [0.717, 1.165) is 12.8 Å². The van der Waals surface area contributed by atoms with Gasteiger partial charge in [-0.1, -0.05) is 0 Å². The van der Waals surface area contributed by atoms with Crippen LogP contribution in [0.2, 0.25) is 0 Å². The largest absolute Gasteiger partial charge is 1.00 e. The first-order chi connectivity index (χ1) is 6.73. The molecule has 0 aliphatic heterocycles. The van der Waals surface area contributed by atoms with Gasteiger partial charge in [0.1, 0.15) is 0 Å². The average Bonchev–Trinajstić information content (AvgIpc) is 2.83. The summed E-state index contributed by atoms with van der Waals surface area (Å²) in [6.45, 7) is 4.25. The molecule has 0 heterocycles. The molecule has 1 heteroatoms. The van der Waals surface area contributed by atoms with E-state index in [1.807, 2.05) is 24.3 Å². The van der Waals surface area contributed by atoms with E-state index in [2.05, 4.69) is 38.2 Å². The fourth-order valence-corrected chi connectivity index (χ4v) is 0.680. The Balaban J connectivity index is 0. The molecule has 0 unspecified atom stereocenters. The Labute approximate surface area is 104 Å². The second kappa shape index (κ2) is 10.8. The maximum absolute atomic E-state index is 2.99. The Morgan fingerprint density at radius 2 is 1.43 bits per heavy atom. The van der Waals surface area contributed by atoms with Gasteiger partial charge in [-0.3, -0.25) is 12.2 Å². The first-order valence-electron chi connectivity index (χ1n) is 4.68. The molecular weight excluding hydrogens is 247 g/mol. The summed E-state index contributed by atoms with van der Waals surface area (Å²) in [6.07, 6.45) is 20.0. The average molecular weight is 265 g/mol. The van der Waals surface area contributed by atoms with Gasteiger partial charge in [-0.05, 0) is 0 Å². The van der Waals surface area contributed by atoms with Crippen molar-refractivity contribution in [3.05, 3.63) is 48.6 Å². The predicted molar refractivity (Wildman–Crippen MR) is 60.6 cm³/mol. The Kier molecular flexibility index (Phi) is 10.6. The topological polar surface area (TPSA) is 0 Å². The van der Waals surface area contributed by atoms with E-state index >= 15 is 0 Å². The zero-order valence-electron chi connectivity index (χ0n) is 9.88. The Morgan fingerprint density at radius 1 is 1.07 bits per heavy atom. The molecule has 0 nitrogen and oxygen atoms in total. The third kappa shape index (κ3) is 14.2. The quantitative estimate of drug-likeness (QED) is 0.588. The molecule has 0 aromatic rings. The van der Waals surface area contributed by atoms with Gasteiger partial charge in [-0.15, -0.1) is 12.8 Å². The summed E-state index contributed by atoms with van der Waals surface area (Å²) in [4.78, 5) is 0. The number of hydrogen-bond acceptors (Lipinski definition) is 0. The summed E-state index contributed by atoms with van der Waals surface area (Å²) in [5.74, 6) is 0. The Bertz CT molecular complexity index is 214. The molecule has 76 valence electrons. The Hall–Kier alpha value is -0.287. The zero-order valence-corrected chi connectivity index (χ0v) is 11.3. The molecule has 2 aliphatic rings. The molecule has 0 bridgehead atoms. The van der Waals surface area contributed by atoms with Crippen molar-refractivity contribution in [2.24, 2.45) is 0 Å². The number of rotatable bonds is 0. The standard InChI is InChI=1S/2C5H5.C3H6.Zr.H/c2*1-2-4-5-3-1;1-3-2;;/h2*1-3H,4H2;1-2H3;;/q2*-1;;;-1. The molecule has 0 aromatic heterocycles. The molecule has 0 atom stereocenters. The van der Waals surface area contributed by atoms with E-state index in [0.29, 0.717) is 0 Å². The third-order valence-electron chi connectivity index (χ3n) is 1.17. The van der Waals surface area contributed by atoms with Crippen molar-refractivity contribution in [2.75, 3.05) is 0 Å². The number of hydrogen-bond donors (Lipinski definition) is 0. The molecular formula is C13H17Zr-3. The summed E-state index contributed by atoms with van der Waals surface area (Å²) >= 11 is 1.55. The van der Waals surface area contributed by atoms with Crippen molar-refractivity contribution in [1.29, 1.82) is 0 Å². The van der Waals surface area contributed by atoms with Crippen LogP contribution < -0.4 is 0 Å². The minimum Gasteiger partial charge on any atom is -1.00 e. The van der Waals surface area contributed by atoms with Gasteiger partial charge in [0.15, 0.2) is 0 Å². The molecule has 2 rings (SSSR count). The summed E-state index contributed by atoms with van der Waals surface area (Å²) in [5, 5.41) is 0. The van der Waals surface area contributed by atoms with E-state index in [4.69, 9.17) is 0 Å². The van der Waals surface area contributed by atoms with Gasteiger partial charge < -0.3 is 1.43 Å². The van der Waals surface area contributed by atoms with Crippen LogP contribution in [0.4, 0.5) is 0 Å². The van der Waals surface area contributed by atoms with E-state index in [1.54, 1.807) is 24.2 Å². The normalized spacial score (nSPS) is 14.4. The van der Waals surface area contributed by atoms with E-state index in [-0.39, 0.29) is 1.43 Å². The SMILES string of the molecule is C[C](C)=[Zr].[C-]1=CC=CC1.[C-]1=CC=CC1.[H-]. The smallest absolute Gasteiger partial charge is 0.109 e. The molecule has 0 radical (unpaired) electrons. The van der Waals surface area contributed by atoms with Crippen LogP contribution >= 0.6 is 0 Å². The predicted octanol–water partition coefficient (Wildman–Crippen LogP) is 3.47. The van der Waals surface area contributed by atoms with Crippen LogP contribution in [0.25, 0.3) is 0 Å². The number of allylic oxidation sites excluding steroid dienone is 8. The van der Waals surface area contributed by atoms with Crippen LogP contribution in [-0.4, -0.2) is 3.21 Å². The fraction of sp³-hybridized carbons (Fsp3) is 0.308. The van der Waals surface area contributed by atoms with E-state index in [9.17, 15) is 0 Å². The van der Waals surface area contributed by atoms with Crippen molar-refractivity contribution in [1.82, 2.24) is 0 Å². The minimum atomic E-state index is 0. The summed E-state index contributed by atoms with van der Waals surface area (Å²) < 4.78 is 1.51. The molecule has 0 N–H and O–H groups in total.